The lowest BCUT2D eigenvalue weighted by molar-refractivity contribution is 0.0819. The van der Waals surface area contributed by atoms with Gasteiger partial charge in [-0.25, -0.2) is 0 Å². The van der Waals surface area contributed by atoms with E-state index >= 15 is 0 Å². The summed E-state index contributed by atoms with van der Waals surface area (Å²) in [5.41, 5.74) is 3.07. The molecule has 0 radical (unpaired) electrons. The van der Waals surface area contributed by atoms with Gasteiger partial charge in [0, 0.05) is 49.4 Å². The molecule has 2 aromatic rings. The van der Waals surface area contributed by atoms with Crippen molar-refractivity contribution >= 4 is 17.2 Å². The van der Waals surface area contributed by atoms with Gasteiger partial charge in [-0.2, -0.15) is 5.10 Å². The van der Waals surface area contributed by atoms with Gasteiger partial charge in [-0.1, -0.05) is 19.9 Å². The molecule has 2 aromatic heterocycles. The summed E-state index contributed by atoms with van der Waals surface area (Å²) in [6, 6.07) is 4.72. The Balaban J connectivity index is 1.72. The summed E-state index contributed by atoms with van der Waals surface area (Å²) in [6.45, 7) is 6.25. The van der Waals surface area contributed by atoms with Gasteiger partial charge >= 0.3 is 0 Å². The zero-order chi connectivity index (χ0) is 18.7. The van der Waals surface area contributed by atoms with E-state index in [-0.39, 0.29) is 5.91 Å². The SMILES string of the molecule is CC(C)Cn1nc(C(=O)N(C)C)c2c1CCC(NCCc1cccs1)C2. The predicted molar refractivity (Wildman–Crippen MR) is 107 cm³/mol. The molecule has 6 heteroatoms. The molecule has 0 saturated carbocycles. The predicted octanol–water partition coefficient (Wildman–Crippen LogP) is 2.99. The number of carbonyl (C=O) groups is 1. The van der Waals surface area contributed by atoms with E-state index in [9.17, 15) is 4.79 Å². The first-order valence-corrected chi connectivity index (χ1v) is 10.4. The topological polar surface area (TPSA) is 50.2 Å². The number of nitrogens with one attached hydrogen (secondary N) is 1. The number of rotatable bonds is 7. The van der Waals surface area contributed by atoms with Crippen molar-refractivity contribution in [2.24, 2.45) is 5.92 Å². The second-order valence-corrected chi connectivity index (χ2v) is 8.80. The Morgan fingerprint density at radius 3 is 2.92 bits per heavy atom. The van der Waals surface area contributed by atoms with Crippen LogP contribution >= 0.6 is 11.3 Å². The van der Waals surface area contributed by atoms with Crippen molar-refractivity contribution in [1.82, 2.24) is 20.0 Å². The summed E-state index contributed by atoms with van der Waals surface area (Å²) in [7, 11) is 3.60. The summed E-state index contributed by atoms with van der Waals surface area (Å²) in [5.74, 6) is 0.533. The van der Waals surface area contributed by atoms with Crippen LogP contribution in [0, 0.1) is 5.92 Å². The van der Waals surface area contributed by atoms with Gasteiger partial charge in [-0.15, -0.1) is 11.3 Å². The highest BCUT2D eigenvalue weighted by Crippen LogP contribution is 2.26. The summed E-state index contributed by atoms with van der Waals surface area (Å²) in [5, 5.41) is 10.5. The van der Waals surface area contributed by atoms with E-state index < -0.39 is 0 Å². The smallest absolute Gasteiger partial charge is 0.274 e. The van der Waals surface area contributed by atoms with E-state index in [1.165, 1.54) is 10.6 Å². The molecule has 0 aromatic carbocycles. The fourth-order valence-electron chi connectivity index (χ4n) is 3.60. The first-order chi connectivity index (χ1) is 12.5. The lowest BCUT2D eigenvalue weighted by Crippen LogP contribution is -2.36. The highest BCUT2D eigenvalue weighted by molar-refractivity contribution is 7.09. The molecule has 0 saturated heterocycles. The van der Waals surface area contributed by atoms with Crippen LogP contribution in [-0.4, -0.2) is 47.3 Å². The average Bonchev–Trinajstić information content (AvgIpc) is 3.22. The summed E-state index contributed by atoms with van der Waals surface area (Å²) < 4.78 is 2.08. The second-order valence-electron chi connectivity index (χ2n) is 7.77. The van der Waals surface area contributed by atoms with E-state index in [0.717, 1.165) is 44.3 Å². The highest BCUT2D eigenvalue weighted by atomic mass is 32.1. The van der Waals surface area contributed by atoms with Crippen LogP contribution in [0.15, 0.2) is 17.5 Å². The van der Waals surface area contributed by atoms with Crippen LogP contribution in [0.3, 0.4) is 0 Å². The number of carbonyl (C=O) groups excluding carboxylic acids is 1. The molecule has 1 unspecified atom stereocenters. The van der Waals surface area contributed by atoms with Crippen LogP contribution in [-0.2, 0) is 25.8 Å². The standard InChI is InChI=1S/C20H30N4OS/c1-14(2)13-24-18-8-7-15(21-10-9-16-6-5-11-26-16)12-17(18)19(22-24)20(25)23(3)4/h5-6,11,14-15,21H,7-10,12-13H2,1-4H3. The quantitative estimate of drug-likeness (QED) is 0.811. The van der Waals surface area contributed by atoms with Gasteiger partial charge in [0.15, 0.2) is 5.69 Å². The molecule has 1 aliphatic carbocycles. The van der Waals surface area contributed by atoms with E-state index in [1.54, 1.807) is 19.0 Å². The Bertz CT molecular complexity index is 733. The van der Waals surface area contributed by atoms with Crippen molar-refractivity contribution < 1.29 is 4.79 Å². The zero-order valence-corrected chi connectivity index (χ0v) is 17.1. The van der Waals surface area contributed by atoms with Crippen molar-refractivity contribution in [3.05, 3.63) is 39.3 Å². The minimum atomic E-state index is 0.0167. The molecule has 1 N–H and O–H groups in total. The maximum Gasteiger partial charge on any atom is 0.274 e. The summed E-state index contributed by atoms with van der Waals surface area (Å²) >= 11 is 1.81. The fraction of sp³-hybridized carbons (Fsp3) is 0.600. The van der Waals surface area contributed by atoms with Crippen LogP contribution in [0.2, 0.25) is 0 Å². The molecule has 0 aliphatic heterocycles. The molecular formula is C20H30N4OS. The molecule has 26 heavy (non-hydrogen) atoms. The van der Waals surface area contributed by atoms with Crippen LogP contribution in [0.4, 0.5) is 0 Å². The van der Waals surface area contributed by atoms with Crippen molar-refractivity contribution in [2.45, 2.75) is 52.1 Å². The normalized spacial score (nSPS) is 16.7. The second kappa shape index (κ2) is 8.35. The number of nitrogens with zero attached hydrogens (tertiary/aromatic N) is 3. The van der Waals surface area contributed by atoms with Crippen LogP contribution in [0.5, 0.6) is 0 Å². The van der Waals surface area contributed by atoms with E-state index in [1.807, 2.05) is 11.3 Å². The van der Waals surface area contributed by atoms with E-state index in [2.05, 4.69) is 41.4 Å². The number of hydrogen-bond acceptors (Lipinski definition) is 4. The van der Waals surface area contributed by atoms with Crippen LogP contribution in [0.25, 0.3) is 0 Å². The molecule has 1 amide bonds. The van der Waals surface area contributed by atoms with Crippen molar-refractivity contribution in [2.75, 3.05) is 20.6 Å². The van der Waals surface area contributed by atoms with Gasteiger partial charge in [0.25, 0.3) is 5.91 Å². The van der Waals surface area contributed by atoms with Crippen molar-refractivity contribution in [1.29, 1.82) is 0 Å². The van der Waals surface area contributed by atoms with Gasteiger partial charge < -0.3 is 10.2 Å². The Morgan fingerprint density at radius 1 is 1.46 bits per heavy atom. The van der Waals surface area contributed by atoms with Crippen LogP contribution in [0.1, 0.15) is 46.9 Å². The van der Waals surface area contributed by atoms with E-state index in [4.69, 9.17) is 5.10 Å². The van der Waals surface area contributed by atoms with Crippen molar-refractivity contribution in [3.63, 3.8) is 0 Å². The number of amides is 1. The molecule has 2 heterocycles. The van der Waals surface area contributed by atoms with Gasteiger partial charge in [-0.05, 0) is 43.0 Å². The summed E-state index contributed by atoms with van der Waals surface area (Å²) in [4.78, 5) is 15.7. The molecule has 0 bridgehead atoms. The van der Waals surface area contributed by atoms with Gasteiger partial charge in [0.05, 0.1) is 0 Å². The Labute approximate surface area is 160 Å². The van der Waals surface area contributed by atoms with Gasteiger partial charge in [0.1, 0.15) is 0 Å². The third kappa shape index (κ3) is 4.35. The minimum Gasteiger partial charge on any atom is -0.343 e. The Hall–Kier alpha value is -1.66. The number of aromatic nitrogens is 2. The van der Waals surface area contributed by atoms with Gasteiger partial charge in [0.2, 0.25) is 0 Å². The molecule has 3 rings (SSSR count). The maximum atomic E-state index is 12.6. The van der Waals surface area contributed by atoms with E-state index in [0.29, 0.717) is 17.7 Å². The monoisotopic (exact) mass is 374 g/mol. The Kier molecular flexibility index (Phi) is 6.14. The molecular weight excluding hydrogens is 344 g/mol. The first kappa shape index (κ1) is 19.1. The zero-order valence-electron chi connectivity index (χ0n) is 16.3. The lowest BCUT2D eigenvalue weighted by atomic mass is 9.91. The fourth-order valence-corrected chi connectivity index (χ4v) is 4.31. The van der Waals surface area contributed by atoms with Crippen molar-refractivity contribution in [3.8, 4) is 0 Å². The number of thiophene rings is 1. The molecule has 0 spiro atoms. The number of fused-ring (bicyclic) bond motifs is 1. The third-order valence-corrected chi connectivity index (χ3v) is 5.81. The maximum absolute atomic E-state index is 12.6. The average molecular weight is 375 g/mol. The van der Waals surface area contributed by atoms with Gasteiger partial charge in [-0.3, -0.25) is 9.48 Å². The number of hydrogen-bond donors (Lipinski definition) is 1. The highest BCUT2D eigenvalue weighted by Gasteiger charge is 2.29. The third-order valence-electron chi connectivity index (χ3n) is 4.88. The lowest BCUT2D eigenvalue weighted by Gasteiger charge is -2.25. The summed E-state index contributed by atoms with van der Waals surface area (Å²) in [6.07, 6.45) is 4.06. The minimum absolute atomic E-state index is 0.0167. The Morgan fingerprint density at radius 2 is 2.27 bits per heavy atom. The molecule has 5 nitrogen and oxygen atoms in total. The van der Waals surface area contributed by atoms with Crippen LogP contribution < -0.4 is 5.32 Å². The molecule has 1 aliphatic rings. The molecule has 0 fully saturated rings. The first-order valence-electron chi connectivity index (χ1n) is 9.51. The molecule has 142 valence electrons. The molecule has 1 atom stereocenters. The largest absolute Gasteiger partial charge is 0.343 e.